The van der Waals surface area contributed by atoms with Gasteiger partial charge in [0, 0.05) is 16.6 Å². The first-order valence-electron chi connectivity index (χ1n) is 6.06. The number of nitrogens with zero attached hydrogens (tertiary/aromatic N) is 1. The molecular formula is C16H12NP. The van der Waals surface area contributed by atoms with Crippen LogP contribution in [0.4, 0.5) is 0 Å². The first-order valence-corrected chi connectivity index (χ1v) is 7.22. The summed E-state index contributed by atoms with van der Waals surface area (Å²) < 4.78 is 2.36. The van der Waals surface area contributed by atoms with Crippen LogP contribution in [0.5, 0.6) is 0 Å². The number of hydrogen-bond acceptors (Lipinski definition) is 0. The van der Waals surface area contributed by atoms with E-state index >= 15 is 0 Å². The van der Waals surface area contributed by atoms with E-state index in [1.165, 1.54) is 27.8 Å². The van der Waals surface area contributed by atoms with Gasteiger partial charge < -0.3 is 4.57 Å². The molecule has 1 atom stereocenters. The predicted molar refractivity (Wildman–Crippen MR) is 81.9 cm³/mol. The summed E-state index contributed by atoms with van der Waals surface area (Å²) in [7, 11) is 0.805. The van der Waals surface area contributed by atoms with Crippen LogP contribution in [0.1, 0.15) is 11.3 Å². The standard InChI is InChI=1S/C16H12NP/c1-2-6-12(7-3-1)17-15-9-5-4-8-13(15)14-10-18-11-16(14)17/h1-11,18H. The molecule has 0 saturated heterocycles. The molecule has 2 heterocycles. The Hall–Kier alpha value is -1.98. The fourth-order valence-electron chi connectivity index (χ4n) is 2.64. The molecule has 0 spiro atoms. The lowest BCUT2D eigenvalue weighted by atomic mass is 10.2. The van der Waals surface area contributed by atoms with Crippen molar-refractivity contribution in [2.24, 2.45) is 0 Å². The summed E-state index contributed by atoms with van der Waals surface area (Å²) in [6.07, 6.45) is 0. The van der Waals surface area contributed by atoms with Gasteiger partial charge in [-0.1, -0.05) is 36.4 Å². The first kappa shape index (κ1) is 9.99. The van der Waals surface area contributed by atoms with E-state index in [4.69, 9.17) is 0 Å². The topological polar surface area (TPSA) is 4.93 Å². The molecule has 18 heavy (non-hydrogen) atoms. The van der Waals surface area contributed by atoms with Gasteiger partial charge in [-0.15, -0.1) is 7.83 Å². The van der Waals surface area contributed by atoms with Crippen LogP contribution in [0.2, 0.25) is 0 Å². The highest BCUT2D eigenvalue weighted by Gasteiger charge is 2.15. The first-order chi connectivity index (χ1) is 8.95. The third-order valence-electron chi connectivity index (χ3n) is 3.41. The van der Waals surface area contributed by atoms with Crippen molar-refractivity contribution < 1.29 is 0 Å². The molecule has 1 nitrogen and oxygen atoms in total. The van der Waals surface area contributed by atoms with Crippen LogP contribution >= 0.6 is 7.83 Å². The van der Waals surface area contributed by atoms with Gasteiger partial charge in [0.05, 0.1) is 11.2 Å². The summed E-state index contributed by atoms with van der Waals surface area (Å²) in [5, 5.41) is 1.36. The Kier molecular flexibility index (Phi) is 2.09. The second-order valence-corrected chi connectivity index (χ2v) is 5.35. The van der Waals surface area contributed by atoms with Gasteiger partial charge in [0.15, 0.2) is 0 Å². The predicted octanol–water partition coefficient (Wildman–Crippen LogP) is 3.62. The van der Waals surface area contributed by atoms with E-state index in [-0.39, 0.29) is 0 Å². The van der Waals surface area contributed by atoms with Gasteiger partial charge in [-0.3, -0.25) is 0 Å². The van der Waals surface area contributed by atoms with Gasteiger partial charge in [-0.25, -0.2) is 0 Å². The number of fused-ring (bicyclic) bond motifs is 3. The van der Waals surface area contributed by atoms with Crippen molar-refractivity contribution in [2.75, 3.05) is 0 Å². The summed E-state index contributed by atoms with van der Waals surface area (Å²) in [4.78, 5) is 0. The van der Waals surface area contributed by atoms with Crippen LogP contribution in [0.3, 0.4) is 0 Å². The maximum Gasteiger partial charge on any atom is 0.0581 e. The van der Waals surface area contributed by atoms with Gasteiger partial charge in [-0.05, 0) is 29.8 Å². The highest BCUT2D eigenvalue weighted by atomic mass is 31.0. The normalized spacial score (nSPS) is 13.6. The fraction of sp³-hybridized carbons (Fsp3) is 0. The van der Waals surface area contributed by atoms with Crippen molar-refractivity contribution in [2.45, 2.75) is 0 Å². The number of benzene rings is 2. The Morgan fingerprint density at radius 2 is 1.56 bits per heavy atom. The number of para-hydroxylation sites is 2. The minimum absolute atomic E-state index is 0.805. The fourth-order valence-corrected chi connectivity index (χ4v) is 3.63. The van der Waals surface area contributed by atoms with E-state index in [1.54, 1.807) is 0 Å². The molecule has 0 radical (unpaired) electrons. The molecule has 0 amide bonds. The number of aromatic nitrogens is 1. The van der Waals surface area contributed by atoms with Gasteiger partial charge in [0.2, 0.25) is 0 Å². The number of hydrogen-bond donors (Lipinski definition) is 0. The molecule has 1 aliphatic heterocycles. The molecule has 2 aromatic carbocycles. The smallest absolute Gasteiger partial charge is 0.0581 e. The van der Waals surface area contributed by atoms with Gasteiger partial charge in [-0.2, -0.15) is 0 Å². The third kappa shape index (κ3) is 1.28. The van der Waals surface area contributed by atoms with Crippen molar-refractivity contribution >= 4 is 30.3 Å². The summed E-state index contributed by atoms with van der Waals surface area (Å²) in [6.45, 7) is 0. The van der Waals surface area contributed by atoms with Gasteiger partial charge >= 0.3 is 0 Å². The van der Waals surface area contributed by atoms with E-state index in [0.29, 0.717) is 0 Å². The summed E-state index contributed by atoms with van der Waals surface area (Å²) >= 11 is 0. The van der Waals surface area contributed by atoms with Crippen molar-refractivity contribution in [3.8, 4) is 5.69 Å². The van der Waals surface area contributed by atoms with Crippen LogP contribution in [0.25, 0.3) is 16.6 Å². The molecule has 0 aliphatic carbocycles. The molecule has 86 valence electrons. The molecule has 0 fully saturated rings. The minimum Gasteiger partial charge on any atom is -0.309 e. The van der Waals surface area contributed by atoms with Crippen LogP contribution in [0, 0.1) is 0 Å². The third-order valence-corrected chi connectivity index (χ3v) is 4.31. The molecule has 1 aromatic heterocycles. The second-order valence-electron chi connectivity index (χ2n) is 4.44. The lowest BCUT2D eigenvalue weighted by Crippen LogP contribution is -1.98. The molecular weight excluding hydrogens is 237 g/mol. The monoisotopic (exact) mass is 249 g/mol. The maximum absolute atomic E-state index is 2.36. The van der Waals surface area contributed by atoms with E-state index in [9.17, 15) is 0 Å². The molecule has 4 rings (SSSR count). The highest BCUT2D eigenvalue weighted by Crippen LogP contribution is 2.30. The Morgan fingerprint density at radius 3 is 2.44 bits per heavy atom. The van der Waals surface area contributed by atoms with E-state index in [2.05, 4.69) is 70.8 Å². The molecule has 1 unspecified atom stereocenters. The minimum atomic E-state index is 0.805. The highest BCUT2D eigenvalue weighted by molar-refractivity contribution is 7.41. The van der Waals surface area contributed by atoms with Crippen molar-refractivity contribution in [3.05, 3.63) is 65.9 Å². The molecule has 3 aromatic rings. The quantitative estimate of drug-likeness (QED) is 0.454. The zero-order valence-corrected chi connectivity index (χ0v) is 10.8. The largest absolute Gasteiger partial charge is 0.309 e. The average molecular weight is 249 g/mol. The van der Waals surface area contributed by atoms with Gasteiger partial charge in [0.1, 0.15) is 0 Å². The van der Waals surface area contributed by atoms with E-state index in [1.807, 2.05) is 0 Å². The maximum atomic E-state index is 2.36. The summed E-state index contributed by atoms with van der Waals surface area (Å²) in [5.74, 6) is 4.68. The summed E-state index contributed by atoms with van der Waals surface area (Å²) in [5.41, 5.74) is 5.28. The molecule has 2 heteroatoms. The SMILES string of the molecule is C1=[PH]=Cc2c1c1ccccc1n2-c1ccccc1. The van der Waals surface area contributed by atoms with Gasteiger partial charge in [0.25, 0.3) is 0 Å². The molecule has 1 aliphatic rings. The van der Waals surface area contributed by atoms with Crippen LogP contribution in [-0.4, -0.2) is 16.2 Å². The van der Waals surface area contributed by atoms with Crippen LogP contribution in [-0.2, 0) is 0 Å². The molecule has 0 N–H and O–H groups in total. The zero-order chi connectivity index (χ0) is 11.9. The van der Waals surface area contributed by atoms with E-state index < -0.39 is 0 Å². The second kappa shape index (κ2) is 3.76. The Bertz CT molecular complexity index is 806. The van der Waals surface area contributed by atoms with Crippen LogP contribution in [0.15, 0.2) is 54.6 Å². The Balaban J connectivity index is 2.16. The van der Waals surface area contributed by atoms with Crippen LogP contribution < -0.4 is 0 Å². The molecule has 0 bridgehead atoms. The van der Waals surface area contributed by atoms with E-state index in [0.717, 1.165) is 7.83 Å². The molecule has 0 saturated carbocycles. The van der Waals surface area contributed by atoms with Crippen molar-refractivity contribution in [1.29, 1.82) is 0 Å². The average Bonchev–Trinajstić information content (AvgIpc) is 2.99. The number of rotatable bonds is 1. The Morgan fingerprint density at radius 1 is 0.778 bits per heavy atom. The summed E-state index contributed by atoms with van der Waals surface area (Å²) in [6, 6.07) is 19.2. The lowest BCUT2D eigenvalue weighted by molar-refractivity contribution is 1.12. The zero-order valence-electron chi connectivity index (χ0n) is 9.80. The lowest BCUT2D eigenvalue weighted by Gasteiger charge is -2.07. The van der Waals surface area contributed by atoms with Crippen molar-refractivity contribution in [3.63, 3.8) is 0 Å². The van der Waals surface area contributed by atoms with Crippen molar-refractivity contribution in [1.82, 2.24) is 4.57 Å². The Labute approximate surface area is 107 Å².